The fourth-order valence-electron chi connectivity index (χ4n) is 5.53. The zero-order valence-electron chi connectivity index (χ0n) is 25.8. The van der Waals surface area contributed by atoms with Crippen molar-refractivity contribution in [2.45, 2.75) is 167 Å². The van der Waals surface area contributed by atoms with E-state index < -0.39 is 8.96 Å². The average Bonchev–Trinajstić information content (AvgIpc) is 2.91. The predicted molar refractivity (Wildman–Crippen MR) is 171 cm³/mol. The number of rotatable bonds is 25. The zero-order valence-corrected chi connectivity index (χ0v) is 27.8. The fraction of sp³-hybridized carbons (Fsp3) is 0.969. The van der Waals surface area contributed by atoms with Crippen molar-refractivity contribution < 1.29 is 14.3 Å². The molecule has 1 aliphatic heterocycles. The van der Waals surface area contributed by atoms with Crippen molar-refractivity contribution in [1.82, 2.24) is 4.57 Å². The Balaban J connectivity index is 1.98. The smallest absolute Gasteiger partial charge is 0.188 e. The Hall–Kier alpha value is 0.117. The van der Waals surface area contributed by atoms with Gasteiger partial charge in [0.1, 0.15) is 15.8 Å². The third-order valence-electron chi connectivity index (χ3n) is 8.20. The minimum absolute atomic E-state index is 0.357. The first kappa shape index (κ1) is 36.1. The molecule has 0 aromatic carbocycles. The third kappa shape index (κ3) is 21.9. The number of hydrogen-bond donors (Lipinski definition) is 0. The molecule has 1 rings (SSSR count). The highest BCUT2D eigenvalue weighted by atomic mass is 32.2. The lowest BCUT2D eigenvalue weighted by Gasteiger charge is -2.32. The van der Waals surface area contributed by atoms with Gasteiger partial charge in [0.05, 0.1) is 6.10 Å². The molecular formula is C32H65NO3SSi. The summed E-state index contributed by atoms with van der Waals surface area (Å²) in [4.78, 5) is 12.3. The zero-order chi connectivity index (χ0) is 27.5. The van der Waals surface area contributed by atoms with Crippen LogP contribution in [0.25, 0.3) is 0 Å². The van der Waals surface area contributed by atoms with Crippen LogP contribution >= 0.6 is 11.8 Å². The van der Waals surface area contributed by atoms with Gasteiger partial charge < -0.3 is 14.0 Å². The maximum Gasteiger partial charge on any atom is 0.188 e. The lowest BCUT2D eigenvalue weighted by molar-refractivity contribution is -0.111. The quantitative estimate of drug-likeness (QED) is 0.0620. The summed E-state index contributed by atoms with van der Waals surface area (Å²) in [5.41, 5.74) is 0. The molecule has 2 atom stereocenters. The minimum Gasteiger partial charge on any atom is -0.355 e. The molecule has 0 aromatic rings. The van der Waals surface area contributed by atoms with Crippen LogP contribution in [0.5, 0.6) is 0 Å². The summed E-state index contributed by atoms with van der Waals surface area (Å²) in [7, 11) is 1.47. The number of ether oxygens (including phenoxy) is 2. The molecule has 0 N–H and O–H groups in total. The Labute approximate surface area is 243 Å². The van der Waals surface area contributed by atoms with Crippen molar-refractivity contribution >= 4 is 25.8 Å². The summed E-state index contributed by atoms with van der Waals surface area (Å²) in [5, 5.41) is 0.426. The second kappa shape index (κ2) is 27.3. The van der Waals surface area contributed by atoms with Gasteiger partial charge >= 0.3 is 0 Å². The first-order valence-electron chi connectivity index (χ1n) is 16.7. The summed E-state index contributed by atoms with van der Waals surface area (Å²) in [5.74, 6) is 1.02. The van der Waals surface area contributed by atoms with Gasteiger partial charge in [-0.05, 0) is 57.8 Å². The molecule has 4 nitrogen and oxygen atoms in total. The number of unbranched alkanes of at least 4 members (excludes halogenated alkanes) is 14. The summed E-state index contributed by atoms with van der Waals surface area (Å²) in [6, 6.07) is 2.73. The van der Waals surface area contributed by atoms with Gasteiger partial charge in [-0.3, -0.25) is 4.79 Å². The van der Waals surface area contributed by atoms with Gasteiger partial charge in [0, 0.05) is 18.8 Å². The largest absolute Gasteiger partial charge is 0.355 e. The van der Waals surface area contributed by atoms with Gasteiger partial charge in [-0.1, -0.05) is 122 Å². The highest BCUT2D eigenvalue weighted by Gasteiger charge is 2.22. The molecule has 1 saturated heterocycles. The van der Waals surface area contributed by atoms with E-state index >= 15 is 0 Å². The lowest BCUT2D eigenvalue weighted by Crippen LogP contribution is -2.40. The van der Waals surface area contributed by atoms with Crippen molar-refractivity contribution in [2.75, 3.05) is 32.7 Å². The number of carbonyl (C=O) groups excluding carboxylic acids is 1. The van der Waals surface area contributed by atoms with E-state index in [1.54, 1.807) is 11.8 Å². The van der Waals surface area contributed by atoms with E-state index in [0.29, 0.717) is 18.0 Å². The van der Waals surface area contributed by atoms with Crippen LogP contribution < -0.4 is 0 Å². The molecule has 226 valence electrons. The fourth-order valence-corrected chi connectivity index (χ4v) is 9.72. The van der Waals surface area contributed by atoms with Gasteiger partial charge in [-0.15, -0.1) is 0 Å². The number of hydrogen-bond acceptors (Lipinski definition) is 5. The molecule has 0 aromatic heterocycles. The van der Waals surface area contributed by atoms with E-state index in [2.05, 4.69) is 25.5 Å². The molecule has 2 unspecified atom stereocenters. The van der Waals surface area contributed by atoms with Crippen LogP contribution in [-0.2, 0) is 14.3 Å². The van der Waals surface area contributed by atoms with Crippen LogP contribution in [0.4, 0.5) is 0 Å². The van der Waals surface area contributed by atoms with Crippen molar-refractivity contribution in [1.29, 1.82) is 0 Å². The molecule has 1 fully saturated rings. The third-order valence-corrected chi connectivity index (χ3v) is 12.9. The van der Waals surface area contributed by atoms with Crippen LogP contribution in [0.15, 0.2) is 0 Å². The van der Waals surface area contributed by atoms with Crippen LogP contribution in [0, 0.1) is 0 Å². The number of thioether (sulfide) groups is 1. The van der Waals surface area contributed by atoms with Gasteiger partial charge in [0.25, 0.3) is 0 Å². The van der Waals surface area contributed by atoms with E-state index in [9.17, 15) is 4.79 Å². The molecule has 0 amide bonds. The standard InChI is InChI=1S/C32H65NO3SSi/c1-4-6-8-10-12-13-14-16-18-23-32(34)37-27-21-29-38-28-20-22-31(24-25-33(38)3)36-30-35-26-19-17-15-11-9-7-5-2/h31,38H,4-30H2,1-3H3. The van der Waals surface area contributed by atoms with E-state index in [0.717, 1.165) is 38.2 Å². The molecule has 0 bridgehead atoms. The molecule has 38 heavy (non-hydrogen) atoms. The van der Waals surface area contributed by atoms with Crippen LogP contribution in [-0.4, -0.2) is 57.5 Å². The van der Waals surface area contributed by atoms with Crippen molar-refractivity contribution in [3.63, 3.8) is 0 Å². The maximum atomic E-state index is 12.3. The number of nitrogens with zero attached hydrogens (tertiary/aromatic N) is 1. The molecule has 1 heterocycles. The van der Waals surface area contributed by atoms with Gasteiger partial charge in [0.15, 0.2) is 5.12 Å². The summed E-state index contributed by atoms with van der Waals surface area (Å²) < 4.78 is 14.5. The van der Waals surface area contributed by atoms with E-state index in [-0.39, 0.29) is 0 Å². The van der Waals surface area contributed by atoms with Crippen molar-refractivity contribution in [3.05, 3.63) is 0 Å². The second-order valence-corrected chi connectivity index (χ2v) is 16.2. The van der Waals surface area contributed by atoms with Crippen LogP contribution in [0.1, 0.15) is 149 Å². The minimum atomic E-state index is -0.867. The normalized spacial score (nSPS) is 18.9. The molecule has 1 aliphatic rings. The topological polar surface area (TPSA) is 38.8 Å². The van der Waals surface area contributed by atoms with E-state index in [1.807, 2.05) is 0 Å². The average molecular weight is 572 g/mol. The lowest BCUT2D eigenvalue weighted by atomic mass is 10.1. The molecule has 6 heteroatoms. The second-order valence-electron chi connectivity index (χ2n) is 11.7. The Bertz CT molecular complexity index is 525. The van der Waals surface area contributed by atoms with Crippen LogP contribution in [0.3, 0.4) is 0 Å². The molecular weight excluding hydrogens is 507 g/mol. The van der Waals surface area contributed by atoms with Gasteiger partial charge in [0.2, 0.25) is 0 Å². The van der Waals surface area contributed by atoms with Gasteiger partial charge in [-0.25, -0.2) is 0 Å². The highest BCUT2D eigenvalue weighted by Crippen LogP contribution is 2.21. The Morgan fingerprint density at radius 1 is 0.816 bits per heavy atom. The monoisotopic (exact) mass is 571 g/mol. The van der Waals surface area contributed by atoms with Gasteiger partial charge in [-0.2, -0.15) is 0 Å². The van der Waals surface area contributed by atoms with Crippen molar-refractivity contribution in [3.8, 4) is 0 Å². The first-order valence-corrected chi connectivity index (χ1v) is 19.9. The maximum absolute atomic E-state index is 12.3. The number of carbonyl (C=O) groups is 1. The molecule has 0 saturated carbocycles. The Morgan fingerprint density at radius 2 is 1.42 bits per heavy atom. The summed E-state index contributed by atoms with van der Waals surface area (Å²) in [6.45, 7) is 7.01. The SMILES string of the molecule is CCCCCCCCCCCC(=O)SCCC[SiH]1CCCC(OCOCCCCCCCCC)CCN1C. The Morgan fingerprint density at radius 3 is 2.08 bits per heavy atom. The van der Waals surface area contributed by atoms with Crippen molar-refractivity contribution in [2.24, 2.45) is 0 Å². The Kier molecular flexibility index (Phi) is 26.0. The molecule has 0 radical (unpaired) electrons. The first-order chi connectivity index (χ1) is 18.7. The summed E-state index contributed by atoms with van der Waals surface area (Å²) in [6.07, 6.45) is 27.1. The van der Waals surface area contributed by atoms with Crippen LogP contribution in [0.2, 0.25) is 12.1 Å². The van der Waals surface area contributed by atoms with E-state index in [4.69, 9.17) is 9.47 Å². The predicted octanol–water partition coefficient (Wildman–Crippen LogP) is 9.51. The summed E-state index contributed by atoms with van der Waals surface area (Å²) >= 11 is 1.60. The molecule has 0 spiro atoms. The highest BCUT2D eigenvalue weighted by molar-refractivity contribution is 8.13. The molecule has 0 aliphatic carbocycles. The van der Waals surface area contributed by atoms with E-state index in [1.165, 1.54) is 128 Å².